The molecule has 3 heterocycles. The Morgan fingerprint density at radius 2 is 1.74 bits per heavy atom. The van der Waals surface area contributed by atoms with Gasteiger partial charge in [0, 0.05) is 23.3 Å². The van der Waals surface area contributed by atoms with Crippen molar-refractivity contribution in [3.05, 3.63) is 84.4 Å². The number of amides is 1. The van der Waals surface area contributed by atoms with Crippen molar-refractivity contribution in [1.82, 2.24) is 19.5 Å². The van der Waals surface area contributed by atoms with E-state index in [-0.39, 0.29) is 16.8 Å². The fourth-order valence-corrected chi connectivity index (χ4v) is 4.69. The lowest BCUT2D eigenvalue weighted by Crippen LogP contribution is -2.24. The Kier molecular flexibility index (Phi) is 6.35. The van der Waals surface area contributed by atoms with Crippen LogP contribution in [0.3, 0.4) is 0 Å². The topological polar surface area (TPSA) is 119 Å². The number of carbonyl (C=O) groups excluding carboxylic acids is 2. The molecule has 1 amide bonds. The zero-order valence-corrected chi connectivity index (χ0v) is 18.8. The highest BCUT2D eigenvalue weighted by atomic mass is 32.2. The number of aromatic nitrogens is 4. The molecular weight excluding hydrogens is 454 g/mol. The average Bonchev–Trinajstić information content (AvgIpc) is 3.47. The summed E-state index contributed by atoms with van der Waals surface area (Å²) in [6.07, 6.45) is 1.46. The van der Waals surface area contributed by atoms with Crippen LogP contribution < -0.4 is 5.32 Å². The van der Waals surface area contributed by atoms with Crippen LogP contribution in [0.25, 0.3) is 11.2 Å². The van der Waals surface area contributed by atoms with E-state index in [1.165, 1.54) is 6.33 Å². The van der Waals surface area contributed by atoms with Crippen LogP contribution in [0, 0.1) is 0 Å². The van der Waals surface area contributed by atoms with Gasteiger partial charge in [0.1, 0.15) is 12.6 Å². The highest BCUT2D eigenvalue weighted by Gasteiger charge is 2.36. The van der Waals surface area contributed by atoms with Crippen LogP contribution in [0.4, 0.5) is 5.82 Å². The summed E-state index contributed by atoms with van der Waals surface area (Å²) >= 11 is 1.12. The van der Waals surface area contributed by atoms with Crippen LogP contribution in [-0.2, 0) is 4.74 Å². The molecular formula is C24H21N5O4S. The maximum Gasteiger partial charge on any atom is 0.256 e. The molecule has 2 N–H and O–H groups in total. The summed E-state index contributed by atoms with van der Waals surface area (Å²) in [6, 6.07) is 17.8. The van der Waals surface area contributed by atoms with Crippen molar-refractivity contribution >= 4 is 39.8 Å². The monoisotopic (exact) mass is 475 g/mol. The first-order chi connectivity index (χ1) is 16.6. The van der Waals surface area contributed by atoms with E-state index in [0.29, 0.717) is 34.5 Å². The quantitative estimate of drug-likeness (QED) is 0.436. The number of nitrogens with zero attached hydrogens (tertiary/aromatic N) is 4. The molecule has 2 aromatic heterocycles. The molecule has 9 nitrogen and oxygen atoms in total. The summed E-state index contributed by atoms with van der Waals surface area (Å²) in [5.41, 5.74) is 2.01. The van der Waals surface area contributed by atoms with Crippen molar-refractivity contribution in [3.8, 4) is 0 Å². The Hall–Kier alpha value is -3.60. The van der Waals surface area contributed by atoms with Gasteiger partial charge in [-0.15, -0.1) is 0 Å². The second kappa shape index (κ2) is 9.72. The molecule has 3 atom stereocenters. The SMILES string of the molecule is O=C(Nc1ncnc2c1ncn2C1CC(O)C(CSC(=O)c2ccccc2)O1)c1ccccc1. The van der Waals surface area contributed by atoms with E-state index in [4.69, 9.17) is 4.74 Å². The number of hydrogen-bond donors (Lipinski definition) is 2. The Labute approximate surface area is 199 Å². The number of imidazole rings is 1. The van der Waals surface area contributed by atoms with E-state index in [1.807, 2.05) is 24.3 Å². The Morgan fingerprint density at radius 1 is 1.03 bits per heavy atom. The molecule has 1 saturated heterocycles. The first-order valence-corrected chi connectivity index (χ1v) is 11.7. The highest BCUT2D eigenvalue weighted by Crippen LogP contribution is 2.33. The van der Waals surface area contributed by atoms with Crippen molar-refractivity contribution in [1.29, 1.82) is 0 Å². The molecule has 172 valence electrons. The summed E-state index contributed by atoms with van der Waals surface area (Å²) in [4.78, 5) is 37.8. The fraction of sp³-hybridized carbons (Fsp3) is 0.208. The fourth-order valence-electron chi connectivity index (χ4n) is 3.77. The van der Waals surface area contributed by atoms with E-state index in [1.54, 1.807) is 47.3 Å². The molecule has 0 bridgehead atoms. The number of fused-ring (bicyclic) bond motifs is 1. The molecule has 0 aliphatic carbocycles. The molecule has 5 rings (SSSR count). The number of thioether (sulfide) groups is 1. The molecule has 0 radical (unpaired) electrons. The number of anilines is 1. The van der Waals surface area contributed by atoms with E-state index in [0.717, 1.165) is 11.8 Å². The van der Waals surface area contributed by atoms with Gasteiger partial charge in [-0.05, 0) is 12.1 Å². The number of rotatable bonds is 6. The molecule has 0 spiro atoms. The van der Waals surface area contributed by atoms with Crippen LogP contribution >= 0.6 is 11.8 Å². The van der Waals surface area contributed by atoms with Crippen molar-refractivity contribution in [2.75, 3.05) is 11.1 Å². The Morgan fingerprint density at radius 3 is 2.47 bits per heavy atom. The molecule has 10 heteroatoms. The van der Waals surface area contributed by atoms with Crippen molar-refractivity contribution in [3.63, 3.8) is 0 Å². The number of carbonyl (C=O) groups is 2. The summed E-state index contributed by atoms with van der Waals surface area (Å²) in [7, 11) is 0. The van der Waals surface area contributed by atoms with Crippen molar-refractivity contribution in [2.24, 2.45) is 0 Å². The number of benzene rings is 2. The molecule has 3 unspecified atom stereocenters. The number of hydrogen-bond acceptors (Lipinski definition) is 8. The standard InChI is InChI=1S/C24H21N5O4S/c30-17-11-19(33-18(17)12-34-24(32)16-9-5-2-6-10-16)29-14-27-20-21(25-13-26-22(20)29)28-23(31)15-7-3-1-4-8-15/h1-10,13-14,17-19,30H,11-12H2,(H,25,26,28,31). The van der Waals surface area contributed by atoms with Gasteiger partial charge < -0.3 is 15.2 Å². The third kappa shape index (κ3) is 4.56. The summed E-state index contributed by atoms with van der Waals surface area (Å²) in [5.74, 6) is 0.311. The summed E-state index contributed by atoms with van der Waals surface area (Å²) in [6.45, 7) is 0. The van der Waals surface area contributed by atoms with Gasteiger partial charge in [-0.25, -0.2) is 15.0 Å². The van der Waals surface area contributed by atoms with Gasteiger partial charge in [0.25, 0.3) is 5.91 Å². The highest BCUT2D eigenvalue weighted by molar-refractivity contribution is 8.14. The van der Waals surface area contributed by atoms with Crippen molar-refractivity contribution in [2.45, 2.75) is 24.9 Å². The predicted molar refractivity (Wildman–Crippen MR) is 127 cm³/mol. The van der Waals surface area contributed by atoms with Crippen LogP contribution in [0.2, 0.25) is 0 Å². The molecule has 4 aromatic rings. The number of ether oxygens (including phenoxy) is 1. The molecule has 0 saturated carbocycles. The van der Waals surface area contributed by atoms with Gasteiger partial charge in [-0.2, -0.15) is 0 Å². The van der Waals surface area contributed by atoms with E-state index in [9.17, 15) is 14.7 Å². The summed E-state index contributed by atoms with van der Waals surface area (Å²) in [5, 5.41) is 13.2. The van der Waals surface area contributed by atoms with Gasteiger partial charge in [-0.3, -0.25) is 14.2 Å². The number of nitrogens with one attached hydrogen (secondary N) is 1. The van der Waals surface area contributed by atoms with Crippen LogP contribution in [0.1, 0.15) is 33.4 Å². The Balaban J connectivity index is 1.29. The molecule has 1 aliphatic heterocycles. The molecule has 2 aromatic carbocycles. The zero-order valence-electron chi connectivity index (χ0n) is 17.9. The minimum absolute atomic E-state index is 0.0699. The first kappa shape index (κ1) is 22.2. The van der Waals surface area contributed by atoms with Gasteiger partial charge in [-0.1, -0.05) is 60.3 Å². The third-order valence-corrected chi connectivity index (χ3v) is 6.52. The lowest BCUT2D eigenvalue weighted by atomic mass is 10.2. The minimum atomic E-state index is -0.738. The van der Waals surface area contributed by atoms with Crippen LogP contribution in [-0.4, -0.2) is 53.6 Å². The minimum Gasteiger partial charge on any atom is -0.390 e. The smallest absolute Gasteiger partial charge is 0.256 e. The van der Waals surface area contributed by atoms with Gasteiger partial charge in [0.05, 0.1) is 18.5 Å². The Bertz CT molecular complexity index is 1310. The van der Waals surface area contributed by atoms with Crippen molar-refractivity contribution < 1.29 is 19.4 Å². The van der Waals surface area contributed by atoms with E-state index in [2.05, 4.69) is 20.3 Å². The average molecular weight is 476 g/mol. The molecule has 1 fully saturated rings. The maximum atomic E-state index is 12.5. The predicted octanol–water partition coefficient (Wildman–Crippen LogP) is 3.30. The van der Waals surface area contributed by atoms with Gasteiger partial charge in [0.2, 0.25) is 5.12 Å². The second-order valence-corrected chi connectivity index (χ2v) is 8.76. The second-order valence-electron chi connectivity index (χ2n) is 7.76. The lowest BCUT2D eigenvalue weighted by molar-refractivity contribution is -0.00371. The van der Waals surface area contributed by atoms with E-state index < -0.39 is 18.4 Å². The van der Waals surface area contributed by atoms with Crippen LogP contribution in [0.15, 0.2) is 73.3 Å². The molecule has 34 heavy (non-hydrogen) atoms. The number of aliphatic hydroxyl groups is 1. The largest absolute Gasteiger partial charge is 0.390 e. The normalized spacial score (nSPS) is 19.9. The first-order valence-electron chi connectivity index (χ1n) is 10.7. The molecule has 1 aliphatic rings. The van der Waals surface area contributed by atoms with E-state index >= 15 is 0 Å². The third-order valence-electron chi connectivity index (χ3n) is 5.53. The van der Waals surface area contributed by atoms with Gasteiger partial charge >= 0.3 is 0 Å². The number of aliphatic hydroxyl groups excluding tert-OH is 1. The maximum absolute atomic E-state index is 12.5. The zero-order chi connectivity index (χ0) is 23.5. The van der Waals surface area contributed by atoms with Gasteiger partial charge in [0.15, 0.2) is 17.0 Å². The van der Waals surface area contributed by atoms with Crippen LogP contribution in [0.5, 0.6) is 0 Å². The summed E-state index contributed by atoms with van der Waals surface area (Å²) < 4.78 is 7.77. The lowest BCUT2D eigenvalue weighted by Gasteiger charge is -2.15.